The number of H-pyrrole nitrogens is 1. The van der Waals surface area contributed by atoms with Gasteiger partial charge in [0.25, 0.3) is 5.69 Å². The number of carbonyl (C=O) groups is 2. The van der Waals surface area contributed by atoms with Gasteiger partial charge in [0.05, 0.1) is 34.9 Å². The zero-order valence-corrected chi connectivity index (χ0v) is 38.5. The van der Waals surface area contributed by atoms with E-state index >= 15 is 0 Å². The molecular formula is C59H48N4O5P+. The summed E-state index contributed by atoms with van der Waals surface area (Å²) < 4.78 is 5.95. The maximum absolute atomic E-state index is 14.7. The number of carbonyl (C=O) groups excluding carboxylic acids is 2. The molecule has 10 rings (SSSR count). The number of esters is 1. The van der Waals surface area contributed by atoms with Gasteiger partial charge in [-0.05, 0) is 94.4 Å². The van der Waals surface area contributed by atoms with Crippen LogP contribution in [-0.2, 0) is 29.1 Å². The highest BCUT2D eigenvalue weighted by molar-refractivity contribution is 8.01. The van der Waals surface area contributed by atoms with Crippen molar-refractivity contribution in [2.24, 2.45) is 0 Å². The molecule has 0 fully saturated rings. The lowest BCUT2D eigenvalue weighted by molar-refractivity contribution is -0.384. The lowest BCUT2D eigenvalue weighted by atomic mass is 10.00. The van der Waals surface area contributed by atoms with E-state index in [0.717, 1.165) is 27.8 Å². The molecule has 0 saturated heterocycles. The van der Waals surface area contributed by atoms with Crippen LogP contribution in [0.25, 0.3) is 11.1 Å². The number of hydrogen-bond acceptors (Lipinski definition) is 6. The number of non-ortho nitro benzene ring substituents is 1. The Hall–Kier alpha value is -8.23. The third-order valence-electron chi connectivity index (χ3n) is 12.8. The van der Waals surface area contributed by atoms with E-state index < -0.39 is 30.2 Å². The molecule has 8 aromatic carbocycles. The van der Waals surface area contributed by atoms with E-state index in [0.29, 0.717) is 23.4 Å². The molecule has 9 nitrogen and oxygen atoms in total. The van der Waals surface area contributed by atoms with Crippen molar-refractivity contribution in [3.8, 4) is 11.1 Å². The molecule has 1 amide bonds. The molecule has 1 aliphatic heterocycles. The first-order valence-corrected chi connectivity index (χ1v) is 24.7. The van der Waals surface area contributed by atoms with Crippen molar-refractivity contribution >= 4 is 51.7 Å². The summed E-state index contributed by atoms with van der Waals surface area (Å²) in [6, 6.07) is 75.5. The molecular weight excluding hydrogens is 876 g/mol. The zero-order chi connectivity index (χ0) is 47.2. The van der Waals surface area contributed by atoms with Crippen LogP contribution in [-0.4, -0.2) is 27.8 Å². The third kappa shape index (κ3) is 9.26. The van der Waals surface area contributed by atoms with Crippen molar-refractivity contribution in [2.75, 3.05) is 4.90 Å². The number of hydrogen-bond donors (Lipinski definition) is 2. The molecule has 2 atom stereocenters. The summed E-state index contributed by atoms with van der Waals surface area (Å²) in [6.07, 6.45) is 0.399. The van der Waals surface area contributed by atoms with E-state index in [4.69, 9.17) is 4.74 Å². The van der Waals surface area contributed by atoms with Gasteiger partial charge in [0.2, 0.25) is 5.91 Å². The average molecular weight is 924 g/mol. The van der Waals surface area contributed by atoms with Crippen LogP contribution in [0.2, 0.25) is 0 Å². The van der Waals surface area contributed by atoms with Gasteiger partial charge in [-0.3, -0.25) is 20.2 Å². The van der Waals surface area contributed by atoms with Gasteiger partial charge < -0.3 is 14.6 Å². The summed E-state index contributed by atoms with van der Waals surface area (Å²) in [7, 11) is -2.23. The van der Waals surface area contributed by atoms with E-state index in [1.54, 1.807) is 23.1 Å². The quantitative estimate of drug-likeness (QED) is 0.0486. The summed E-state index contributed by atoms with van der Waals surface area (Å²) >= 11 is 0. The van der Waals surface area contributed by atoms with Crippen LogP contribution < -0.4 is 31.4 Å². The first-order chi connectivity index (χ1) is 33.8. The normalized spacial score (nSPS) is 14.7. The number of nitro benzene ring substituents is 1. The molecule has 0 bridgehead atoms. The second-order valence-corrected chi connectivity index (χ2v) is 20.5. The molecule has 10 heteroatoms. The Bertz CT molecular complexity index is 3090. The number of aromatic nitrogens is 1. The van der Waals surface area contributed by atoms with Gasteiger partial charge >= 0.3 is 5.97 Å². The average Bonchev–Trinajstić information content (AvgIpc) is 3.82. The molecule has 0 aliphatic carbocycles. The highest BCUT2D eigenvalue weighted by atomic mass is 31.2. The number of nitrogens with zero attached hydrogens (tertiary/aromatic N) is 2. The lowest BCUT2D eigenvalue weighted by Crippen LogP contribution is -2.46. The van der Waals surface area contributed by atoms with Gasteiger partial charge in [0.15, 0.2) is 0 Å². The second kappa shape index (κ2) is 19.9. The molecule has 0 saturated carbocycles. The minimum Gasteiger partial charge on any atom is -0.456 e. The van der Waals surface area contributed by atoms with E-state index in [9.17, 15) is 19.7 Å². The van der Waals surface area contributed by atoms with Crippen molar-refractivity contribution in [3.05, 3.63) is 274 Å². The lowest BCUT2D eigenvalue weighted by Gasteiger charge is -2.27. The number of fused-ring (bicyclic) bond motifs is 1. The standard InChI is InChI=1S/C59H47N4O5P/c64-58-53(38-42-16-6-1-7-17-42)60-56(47-30-34-48(35-31-47)63(66)67)57-55(62(58)40-43-18-8-2-9-19-43)39-54(61-57)59(65)68-41-44-26-28-45(29-27-44)46-32-36-52(37-33-46)69(49-20-10-3-11-21-49,50-22-12-4-13-23-50)51-24-14-5-15-25-51/h1-37,39,53,56,60H,38,40-41H2/p+1/t53-,56-/m0/s1. The van der Waals surface area contributed by atoms with E-state index in [1.165, 1.54) is 33.4 Å². The van der Waals surface area contributed by atoms with E-state index in [1.807, 2.05) is 84.9 Å². The van der Waals surface area contributed by atoms with Gasteiger partial charge in [-0.15, -0.1) is 0 Å². The van der Waals surface area contributed by atoms with Crippen LogP contribution in [0.3, 0.4) is 0 Å². The van der Waals surface area contributed by atoms with Crippen molar-refractivity contribution in [3.63, 3.8) is 0 Å². The number of aromatic amines is 1. The number of amides is 1. The fourth-order valence-electron chi connectivity index (χ4n) is 9.40. The Morgan fingerprint density at radius 1 is 0.580 bits per heavy atom. The summed E-state index contributed by atoms with van der Waals surface area (Å²) in [4.78, 5) is 45.0. The Kier molecular flexibility index (Phi) is 12.9. The zero-order valence-electron chi connectivity index (χ0n) is 37.6. The maximum Gasteiger partial charge on any atom is 0.355 e. The van der Waals surface area contributed by atoms with Crippen molar-refractivity contribution in [1.29, 1.82) is 0 Å². The smallest absolute Gasteiger partial charge is 0.355 e. The summed E-state index contributed by atoms with van der Waals surface area (Å²) in [5.74, 6) is -0.758. The Morgan fingerprint density at radius 3 is 1.58 bits per heavy atom. The third-order valence-corrected chi connectivity index (χ3v) is 17.1. The minimum absolute atomic E-state index is 0.0236. The van der Waals surface area contributed by atoms with Gasteiger partial charge in [0, 0.05) is 12.1 Å². The second-order valence-electron chi connectivity index (χ2n) is 17.1. The summed E-state index contributed by atoms with van der Waals surface area (Å²) in [5, 5.41) is 20.3. The predicted octanol–water partition coefficient (Wildman–Crippen LogP) is 10.4. The fourth-order valence-corrected chi connectivity index (χ4v) is 13.6. The van der Waals surface area contributed by atoms with Gasteiger partial charge in [-0.25, -0.2) is 4.79 Å². The van der Waals surface area contributed by atoms with E-state index in [2.05, 4.69) is 126 Å². The van der Waals surface area contributed by atoms with Gasteiger partial charge in [-0.2, -0.15) is 0 Å². The summed E-state index contributed by atoms with van der Waals surface area (Å²) in [5.41, 5.74) is 6.71. The maximum atomic E-state index is 14.7. The van der Waals surface area contributed by atoms with Crippen molar-refractivity contribution < 1.29 is 19.2 Å². The molecule has 69 heavy (non-hydrogen) atoms. The molecule has 2 N–H and O–H groups in total. The molecule has 0 unspecified atom stereocenters. The summed E-state index contributed by atoms with van der Waals surface area (Å²) in [6.45, 7) is 0.277. The molecule has 338 valence electrons. The van der Waals surface area contributed by atoms with Gasteiger partial charge in [0.1, 0.15) is 40.8 Å². The minimum atomic E-state index is -2.23. The highest BCUT2D eigenvalue weighted by Crippen LogP contribution is 2.54. The van der Waals surface area contributed by atoms with Crippen molar-refractivity contribution in [2.45, 2.75) is 31.7 Å². The number of nitro groups is 1. The topological polar surface area (TPSA) is 118 Å². The van der Waals surface area contributed by atoms with Crippen LogP contribution in [0, 0.1) is 10.1 Å². The van der Waals surface area contributed by atoms with Crippen LogP contribution in [0.15, 0.2) is 231 Å². The first kappa shape index (κ1) is 44.6. The van der Waals surface area contributed by atoms with Crippen LogP contribution in [0.1, 0.15) is 44.5 Å². The van der Waals surface area contributed by atoms with E-state index in [-0.39, 0.29) is 30.4 Å². The highest BCUT2D eigenvalue weighted by Gasteiger charge is 2.47. The largest absolute Gasteiger partial charge is 0.456 e. The molecule has 2 heterocycles. The number of anilines is 1. The fraction of sp³-hybridized carbons (Fsp3) is 0.0847. The molecule has 0 radical (unpaired) electrons. The molecule has 0 spiro atoms. The SMILES string of the molecule is O=C(OCc1ccc(-c2ccc([P+](c3ccccc3)(c3ccccc3)c3ccccc3)cc2)cc1)c1cc2c([nH]1)[C@H](c1ccc([N+](=O)[O-])cc1)N[C@@H](Cc1ccccc1)C(=O)N2Cc1ccccc1. The predicted molar refractivity (Wildman–Crippen MR) is 276 cm³/mol. The molecule has 9 aromatic rings. The number of nitrogens with one attached hydrogen (secondary N) is 2. The van der Waals surface area contributed by atoms with Crippen LogP contribution in [0.5, 0.6) is 0 Å². The van der Waals surface area contributed by atoms with Crippen LogP contribution >= 0.6 is 7.26 Å². The number of ether oxygens (including phenoxy) is 1. The van der Waals surface area contributed by atoms with Gasteiger partial charge in [-0.1, -0.05) is 164 Å². The Balaban J connectivity index is 0.918. The number of rotatable bonds is 14. The Labute approximate surface area is 401 Å². The molecule has 1 aromatic heterocycles. The molecule has 1 aliphatic rings. The Morgan fingerprint density at radius 2 is 1.06 bits per heavy atom. The number of benzene rings is 8. The van der Waals surface area contributed by atoms with Crippen molar-refractivity contribution in [1.82, 2.24) is 10.3 Å². The first-order valence-electron chi connectivity index (χ1n) is 22.9. The monoisotopic (exact) mass is 923 g/mol. The van der Waals surface area contributed by atoms with Crippen LogP contribution in [0.4, 0.5) is 11.4 Å².